The van der Waals surface area contributed by atoms with Crippen LogP contribution < -0.4 is 15.4 Å². The smallest absolute Gasteiger partial charge is 0.271 e. The normalized spacial score (nSPS) is 15.1. The van der Waals surface area contributed by atoms with Crippen molar-refractivity contribution in [3.63, 3.8) is 0 Å². The van der Waals surface area contributed by atoms with E-state index in [1.54, 1.807) is 24.1 Å². The fraction of sp³-hybridized carbons (Fsp3) is 0.444. The Labute approximate surface area is 148 Å². The summed E-state index contributed by atoms with van der Waals surface area (Å²) in [6, 6.07) is 9.28. The quantitative estimate of drug-likeness (QED) is 0.731. The van der Waals surface area contributed by atoms with E-state index in [-0.39, 0.29) is 5.91 Å². The van der Waals surface area contributed by atoms with Crippen LogP contribution in [-0.4, -0.2) is 67.0 Å². The third-order valence-electron chi connectivity index (χ3n) is 4.30. The Morgan fingerprint density at radius 2 is 2.00 bits per heavy atom. The summed E-state index contributed by atoms with van der Waals surface area (Å²) in [5.74, 6) is 0.658. The first-order valence-electron chi connectivity index (χ1n) is 8.67. The molecule has 1 aromatic carbocycles. The van der Waals surface area contributed by atoms with Gasteiger partial charge in [-0.15, -0.1) is 0 Å². The lowest BCUT2D eigenvalue weighted by Crippen LogP contribution is -2.44. The van der Waals surface area contributed by atoms with Crippen LogP contribution in [0.15, 0.2) is 36.5 Å². The van der Waals surface area contributed by atoms with Crippen molar-refractivity contribution in [2.24, 2.45) is 0 Å². The average Bonchev–Trinajstić information content (AvgIpc) is 3.16. The first-order chi connectivity index (χ1) is 12.3. The largest absolute Gasteiger partial charge is 0.497 e. The monoisotopic (exact) mass is 343 g/mol. The van der Waals surface area contributed by atoms with Crippen LogP contribution in [0.5, 0.6) is 5.75 Å². The van der Waals surface area contributed by atoms with Crippen molar-refractivity contribution in [2.75, 3.05) is 46.4 Å². The topological polar surface area (TPSA) is 71.4 Å². The van der Waals surface area contributed by atoms with Gasteiger partial charge in [0.25, 0.3) is 5.91 Å². The Kier molecular flexibility index (Phi) is 6.03. The number of nitrogens with one attached hydrogen (secondary N) is 2. The number of rotatable bonds is 7. The Hall–Kier alpha value is -2.38. The van der Waals surface area contributed by atoms with Gasteiger partial charge in [0.05, 0.1) is 12.8 Å². The second-order valence-corrected chi connectivity index (χ2v) is 6.04. The molecule has 0 radical (unpaired) electrons. The number of aromatic nitrogens is 2. The maximum Gasteiger partial charge on any atom is 0.271 e. The molecule has 2 aromatic rings. The molecule has 25 heavy (non-hydrogen) atoms. The van der Waals surface area contributed by atoms with E-state index >= 15 is 0 Å². The van der Waals surface area contributed by atoms with Gasteiger partial charge in [0.1, 0.15) is 5.75 Å². The van der Waals surface area contributed by atoms with Crippen molar-refractivity contribution < 1.29 is 9.53 Å². The van der Waals surface area contributed by atoms with Gasteiger partial charge >= 0.3 is 0 Å². The lowest BCUT2D eigenvalue weighted by atomic mass is 10.3. The SMILES string of the molecule is COc1ccc(-n2ccc(C(=O)NCCCN3CCNCC3)n2)cc1. The minimum absolute atomic E-state index is 0.132. The molecular weight excluding hydrogens is 318 g/mol. The van der Waals surface area contributed by atoms with Crippen LogP contribution >= 0.6 is 0 Å². The molecule has 2 heterocycles. The number of hydrogen-bond acceptors (Lipinski definition) is 5. The molecule has 0 aliphatic carbocycles. The highest BCUT2D eigenvalue weighted by Gasteiger charge is 2.11. The first kappa shape index (κ1) is 17.4. The first-order valence-corrected chi connectivity index (χ1v) is 8.67. The number of ether oxygens (including phenoxy) is 1. The van der Waals surface area contributed by atoms with Crippen LogP contribution in [0.4, 0.5) is 0 Å². The van der Waals surface area contributed by atoms with Crippen LogP contribution in [0.3, 0.4) is 0 Å². The summed E-state index contributed by atoms with van der Waals surface area (Å²) in [6.45, 7) is 5.95. The number of amides is 1. The standard InChI is InChI=1S/C18H25N5O2/c1-25-16-5-3-15(4-6-16)23-12-7-17(21-23)18(24)20-8-2-11-22-13-9-19-10-14-22/h3-7,12,19H,2,8-11,13-14H2,1H3,(H,20,24). The minimum atomic E-state index is -0.132. The molecule has 1 saturated heterocycles. The molecule has 1 aliphatic rings. The number of methoxy groups -OCH3 is 1. The van der Waals surface area contributed by atoms with E-state index in [1.165, 1.54) is 0 Å². The molecule has 0 unspecified atom stereocenters. The van der Waals surface area contributed by atoms with Crippen molar-refractivity contribution in [1.29, 1.82) is 0 Å². The molecule has 7 nitrogen and oxygen atoms in total. The summed E-state index contributed by atoms with van der Waals surface area (Å²) in [5.41, 5.74) is 1.32. The van der Waals surface area contributed by atoms with Crippen LogP contribution in [-0.2, 0) is 0 Å². The number of hydrogen-bond donors (Lipinski definition) is 2. The summed E-state index contributed by atoms with van der Waals surface area (Å²) in [5, 5.41) is 10.6. The molecule has 134 valence electrons. The van der Waals surface area contributed by atoms with Crippen LogP contribution in [0.25, 0.3) is 5.69 Å². The van der Waals surface area contributed by atoms with Crippen molar-refractivity contribution >= 4 is 5.91 Å². The molecule has 1 aromatic heterocycles. The maximum absolute atomic E-state index is 12.2. The molecule has 1 fully saturated rings. The highest BCUT2D eigenvalue weighted by molar-refractivity contribution is 5.92. The Morgan fingerprint density at radius 1 is 1.24 bits per heavy atom. The predicted octanol–water partition coefficient (Wildman–Crippen LogP) is 0.906. The van der Waals surface area contributed by atoms with Crippen molar-refractivity contribution in [3.8, 4) is 11.4 Å². The van der Waals surface area contributed by atoms with Gasteiger partial charge in [0, 0.05) is 38.9 Å². The number of nitrogens with zero attached hydrogens (tertiary/aromatic N) is 3. The second-order valence-electron chi connectivity index (χ2n) is 6.04. The van der Waals surface area contributed by atoms with E-state index in [2.05, 4.69) is 20.6 Å². The molecule has 0 bridgehead atoms. The van der Waals surface area contributed by atoms with Crippen LogP contribution in [0, 0.1) is 0 Å². The van der Waals surface area contributed by atoms with Gasteiger partial charge in [-0.2, -0.15) is 5.10 Å². The van der Waals surface area contributed by atoms with Gasteiger partial charge in [-0.25, -0.2) is 4.68 Å². The minimum Gasteiger partial charge on any atom is -0.497 e. The lowest BCUT2D eigenvalue weighted by molar-refractivity contribution is 0.0946. The van der Waals surface area contributed by atoms with E-state index in [4.69, 9.17) is 4.74 Å². The summed E-state index contributed by atoms with van der Waals surface area (Å²) in [6.07, 6.45) is 2.74. The van der Waals surface area contributed by atoms with Gasteiger partial charge in [-0.3, -0.25) is 4.79 Å². The highest BCUT2D eigenvalue weighted by Crippen LogP contribution is 2.14. The van der Waals surface area contributed by atoms with Crippen LogP contribution in [0.1, 0.15) is 16.9 Å². The van der Waals surface area contributed by atoms with Crippen molar-refractivity contribution in [2.45, 2.75) is 6.42 Å². The fourth-order valence-electron chi connectivity index (χ4n) is 2.85. The number of benzene rings is 1. The van der Waals surface area contributed by atoms with Crippen molar-refractivity contribution in [1.82, 2.24) is 25.3 Å². The molecule has 1 aliphatic heterocycles. The lowest BCUT2D eigenvalue weighted by Gasteiger charge is -2.26. The number of carbonyl (C=O) groups is 1. The number of carbonyl (C=O) groups excluding carboxylic acids is 1. The van der Waals surface area contributed by atoms with E-state index in [0.29, 0.717) is 12.2 Å². The third-order valence-corrected chi connectivity index (χ3v) is 4.30. The molecule has 0 saturated carbocycles. The average molecular weight is 343 g/mol. The van der Waals surface area contributed by atoms with E-state index in [9.17, 15) is 4.79 Å². The van der Waals surface area contributed by atoms with E-state index < -0.39 is 0 Å². The zero-order chi connectivity index (χ0) is 17.5. The second kappa shape index (κ2) is 8.64. The Morgan fingerprint density at radius 3 is 2.72 bits per heavy atom. The van der Waals surface area contributed by atoms with E-state index in [1.807, 2.05) is 24.3 Å². The summed E-state index contributed by atoms with van der Waals surface area (Å²) in [7, 11) is 1.63. The zero-order valence-corrected chi connectivity index (χ0v) is 14.6. The molecule has 0 atom stereocenters. The number of piperazine rings is 1. The predicted molar refractivity (Wildman–Crippen MR) is 96.4 cm³/mol. The highest BCUT2D eigenvalue weighted by atomic mass is 16.5. The molecule has 2 N–H and O–H groups in total. The molecule has 0 spiro atoms. The maximum atomic E-state index is 12.2. The van der Waals surface area contributed by atoms with Gasteiger partial charge in [0.2, 0.25) is 0 Å². The Bertz CT molecular complexity index is 677. The summed E-state index contributed by atoms with van der Waals surface area (Å²) in [4.78, 5) is 14.6. The van der Waals surface area contributed by atoms with Gasteiger partial charge < -0.3 is 20.3 Å². The molecule has 7 heteroatoms. The van der Waals surface area contributed by atoms with Gasteiger partial charge in [0.15, 0.2) is 5.69 Å². The Balaban J connectivity index is 1.46. The molecular formula is C18H25N5O2. The van der Waals surface area contributed by atoms with Crippen LogP contribution in [0.2, 0.25) is 0 Å². The summed E-state index contributed by atoms with van der Waals surface area (Å²) < 4.78 is 6.84. The van der Waals surface area contributed by atoms with E-state index in [0.717, 1.165) is 50.6 Å². The molecule has 3 rings (SSSR count). The molecule has 1 amide bonds. The fourth-order valence-corrected chi connectivity index (χ4v) is 2.85. The third kappa shape index (κ3) is 4.80. The van der Waals surface area contributed by atoms with Gasteiger partial charge in [-0.05, 0) is 43.3 Å². The van der Waals surface area contributed by atoms with Crippen molar-refractivity contribution in [3.05, 3.63) is 42.2 Å². The summed E-state index contributed by atoms with van der Waals surface area (Å²) >= 11 is 0. The zero-order valence-electron chi connectivity index (χ0n) is 14.6. The van der Waals surface area contributed by atoms with Gasteiger partial charge in [-0.1, -0.05) is 0 Å².